The van der Waals surface area contributed by atoms with Gasteiger partial charge in [0.1, 0.15) is 0 Å². The molecule has 0 heterocycles. The monoisotopic (exact) mass is 226 g/mol. The van der Waals surface area contributed by atoms with Crippen molar-refractivity contribution in [3.63, 3.8) is 0 Å². The maximum Gasteiger partial charge on any atom is 0.151 e. The summed E-state index contributed by atoms with van der Waals surface area (Å²) in [5.41, 5.74) is 0. The summed E-state index contributed by atoms with van der Waals surface area (Å²) in [4.78, 5) is 0. The van der Waals surface area contributed by atoms with E-state index >= 15 is 0 Å². The van der Waals surface area contributed by atoms with E-state index in [-0.39, 0.29) is 11.6 Å². The highest BCUT2D eigenvalue weighted by molar-refractivity contribution is 7.91. The van der Waals surface area contributed by atoms with E-state index in [1.54, 1.807) is 0 Å². The molecule has 0 rings (SSSR count). The summed E-state index contributed by atoms with van der Waals surface area (Å²) in [6.45, 7) is 2.14. The summed E-state index contributed by atoms with van der Waals surface area (Å²) in [5.74, 6) is 0.656. The molecule has 0 radical (unpaired) electrons. The van der Waals surface area contributed by atoms with Crippen molar-refractivity contribution in [1.82, 2.24) is 0 Å². The fourth-order valence-corrected chi connectivity index (χ4v) is 2.93. The quantitative estimate of drug-likeness (QED) is 0.471. The van der Waals surface area contributed by atoms with Crippen LogP contribution < -0.4 is 0 Å². The minimum Gasteiger partial charge on any atom is -0.229 e. The van der Waals surface area contributed by atoms with Gasteiger partial charge in [-0.1, -0.05) is 32.6 Å². The lowest BCUT2D eigenvalue weighted by atomic mass is 10.2. The molecule has 0 N–H and O–H groups in total. The third kappa shape index (κ3) is 8.57. The number of halogens is 1. The number of unbranched alkanes of at least 4 members (excludes halogenated alkanes) is 4. The summed E-state index contributed by atoms with van der Waals surface area (Å²) in [7, 11) is -2.85. The standard InChI is InChI=1S/C9H19ClO2S/c1-2-3-4-5-6-8-13(11,12)9-7-10/h2-9H2,1H3. The van der Waals surface area contributed by atoms with Crippen LogP contribution in [0.3, 0.4) is 0 Å². The van der Waals surface area contributed by atoms with Crippen LogP contribution in [-0.2, 0) is 9.84 Å². The zero-order chi connectivity index (χ0) is 10.2. The van der Waals surface area contributed by atoms with E-state index in [1.165, 1.54) is 12.8 Å². The fraction of sp³-hybridized carbons (Fsp3) is 1.00. The van der Waals surface area contributed by atoms with Crippen molar-refractivity contribution in [3.8, 4) is 0 Å². The van der Waals surface area contributed by atoms with Gasteiger partial charge in [-0.05, 0) is 6.42 Å². The Labute approximate surface area is 86.6 Å². The maximum atomic E-state index is 11.2. The topological polar surface area (TPSA) is 34.1 Å². The molecule has 0 aliphatic heterocycles. The molecule has 0 bridgehead atoms. The van der Waals surface area contributed by atoms with Crippen molar-refractivity contribution in [2.45, 2.75) is 39.0 Å². The number of hydrogen-bond donors (Lipinski definition) is 0. The molecule has 0 saturated heterocycles. The Balaban J connectivity index is 3.41. The molecule has 2 nitrogen and oxygen atoms in total. The van der Waals surface area contributed by atoms with Crippen molar-refractivity contribution in [2.75, 3.05) is 17.4 Å². The van der Waals surface area contributed by atoms with Crippen molar-refractivity contribution in [2.24, 2.45) is 0 Å². The molecule has 13 heavy (non-hydrogen) atoms. The van der Waals surface area contributed by atoms with Gasteiger partial charge >= 0.3 is 0 Å². The second-order valence-corrected chi connectivity index (χ2v) is 5.94. The Morgan fingerprint density at radius 1 is 1.00 bits per heavy atom. The lowest BCUT2D eigenvalue weighted by Gasteiger charge is -2.01. The first-order valence-electron chi connectivity index (χ1n) is 4.89. The highest BCUT2D eigenvalue weighted by Gasteiger charge is 2.08. The molecule has 0 spiro atoms. The van der Waals surface area contributed by atoms with E-state index in [0.717, 1.165) is 19.3 Å². The summed E-state index contributed by atoms with van der Waals surface area (Å²) < 4.78 is 22.4. The zero-order valence-electron chi connectivity index (χ0n) is 8.26. The predicted octanol–water partition coefficient (Wildman–Crippen LogP) is 2.61. The first-order chi connectivity index (χ1) is 6.12. The molecule has 0 fully saturated rings. The van der Waals surface area contributed by atoms with Crippen LogP contribution in [0.5, 0.6) is 0 Å². The maximum absolute atomic E-state index is 11.2. The Bertz CT molecular complexity index is 200. The van der Waals surface area contributed by atoms with Crippen LogP contribution in [0.4, 0.5) is 0 Å². The molecule has 0 aliphatic rings. The normalized spacial score (nSPS) is 11.8. The molecule has 0 saturated carbocycles. The van der Waals surface area contributed by atoms with Crippen LogP contribution >= 0.6 is 11.6 Å². The van der Waals surface area contributed by atoms with Gasteiger partial charge in [-0.15, -0.1) is 11.6 Å². The van der Waals surface area contributed by atoms with Gasteiger partial charge < -0.3 is 0 Å². The highest BCUT2D eigenvalue weighted by atomic mass is 35.5. The van der Waals surface area contributed by atoms with Gasteiger partial charge in [0.15, 0.2) is 9.84 Å². The van der Waals surface area contributed by atoms with Crippen molar-refractivity contribution in [1.29, 1.82) is 0 Å². The van der Waals surface area contributed by atoms with Gasteiger partial charge in [0.25, 0.3) is 0 Å². The van der Waals surface area contributed by atoms with Gasteiger partial charge in [-0.25, -0.2) is 8.42 Å². The highest BCUT2D eigenvalue weighted by Crippen LogP contribution is 2.05. The Kier molecular flexibility index (Phi) is 7.77. The molecule has 80 valence electrons. The molecule has 4 heteroatoms. The largest absolute Gasteiger partial charge is 0.229 e. The van der Waals surface area contributed by atoms with Crippen LogP contribution in [0.15, 0.2) is 0 Å². The molecule has 0 atom stereocenters. The molecule has 0 aromatic rings. The first-order valence-corrected chi connectivity index (χ1v) is 7.24. The Morgan fingerprint density at radius 3 is 2.15 bits per heavy atom. The minimum atomic E-state index is -2.85. The lowest BCUT2D eigenvalue weighted by molar-refractivity contribution is 0.588. The zero-order valence-corrected chi connectivity index (χ0v) is 9.83. The molecule has 0 aromatic heterocycles. The summed E-state index contributed by atoms with van der Waals surface area (Å²) in [6.07, 6.45) is 5.35. The predicted molar refractivity (Wildman–Crippen MR) is 58.1 cm³/mol. The average Bonchev–Trinajstić information content (AvgIpc) is 2.04. The third-order valence-corrected chi connectivity index (χ3v) is 4.10. The van der Waals surface area contributed by atoms with Gasteiger partial charge in [-0.2, -0.15) is 0 Å². The number of hydrogen-bond acceptors (Lipinski definition) is 2. The summed E-state index contributed by atoms with van der Waals surface area (Å²) in [5, 5.41) is 0. The second kappa shape index (κ2) is 7.63. The first kappa shape index (κ1) is 13.2. The second-order valence-electron chi connectivity index (χ2n) is 3.26. The lowest BCUT2D eigenvalue weighted by Crippen LogP contribution is -2.11. The van der Waals surface area contributed by atoms with E-state index in [2.05, 4.69) is 6.92 Å². The van der Waals surface area contributed by atoms with Crippen molar-refractivity contribution >= 4 is 21.4 Å². The minimum absolute atomic E-state index is 0.127. The van der Waals surface area contributed by atoms with Gasteiger partial charge in [0.2, 0.25) is 0 Å². The average molecular weight is 227 g/mol. The van der Waals surface area contributed by atoms with E-state index in [9.17, 15) is 8.42 Å². The van der Waals surface area contributed by atoms with Gasteiger partial charge in [-0.3, -0.25) is 0 Å². The van der Waals surface area contributed by atoms with E-state index in [0.29, 0.717) is 5.75 Å². The fourth-order valence-electron chi connectivity index (χ4n) is 1.15. The SMILES string of the molecule is CCCCCCCS(=O)(=O)CCCl. The van der Waals surface area contributed by atoms with E-state index in [4.69, 9.17) is 11.6 Å². The molecular formula is C9H19ClO2S. The number of sulfone groups is 1. The van der Waals surface area contributed by atoms with Crippen LogP contribution in [0.25, 0.3) is 0 Å². The van der Waals surface area contributed by atoms with Gasteiger partial charge in [0, 0.05) is 5.88 Å². The van der Waals surface area contributed by atoms with E-state index in [1.807, 2.05) is 0 Å². The van der Waals surface area contributed by atoms with Crippen LogP contribution in [0.1, 0.15) is 39.0 Å². The third-order valence-electron chi connectivity index (χ3n) is 1.95. The molecule has 0 unspecified atom stereocenters. The smallest absolute Gasteiger partial charge is 0.151 e. The van der Waals surface area contributed by atoms with Crippen LogP contribution in [0.2, 0.25) is 0 Å². The molecule has 0 amide bonds. The molecular weight excluding hydrogens is 208 g/mol. The molecule has 0 aromatic carbocycles. The van der Waals surface area contributed by atoms with Gasteiger partial charge in [0.05, 0.1) is 11.5 Å². The van der Waals surface area contributed by atoms with Crippen molar-refractivity contribution in [3.05, 3.63) is 0 Å². The van der Waals surface area contributed by atoms with Crippen LogP contribution in [-0.4, -0.2) is 25.8 Å². The van der Waals surface area contributed by atoms with E-state index < -0.39 is 9.84 Å². The number of rotatable bonds is 8. The summed E-state index contributed by atoms with van der Waals surface area (Å²) >= 11 is 5.37. The van der Waals surface area contributed by atoms with Crippen LogP contribution in [0, 0.1) is 0 Å². The Morgan fingerprint density at radius 2 is 1.62 bits per heavy atom. The summed E-state index contributed by atoms with van der Waals surface area (Å²) in [6, 6.07) is 0. The number of alkyl halides is 1. The Hall–Kier alpha value is 0.240. The van der Waals surface area contributed by atoms with Crippen molar-refractivity contribution < 1.29 is 8.42 Å². The molecule has 0 aliphatic carbocycles.